The molecule has 116 valence electrons. The predicted octanol–water partition coefficient (Wildman–Crippen LogP) is -0.551. The summed E-state index contributed by atoms with van der Waals surface area (Å²) in [6, 6.07) is 0. The quantitative estimate of drug-likeness (QED) is 0.556. The van der Waals surface area contributed by atoms with Crippen molar-refractivity contribution in [2.24, 2.45) is 10.7 Å². The van der Waals surface area contributed by atoms with E-state index in [1.54, 1.807) is 0 Å². The SMILES string of the molecule is NC(=NCCS(=O)(=O)N1CCOCC1)N1CCCCC1. The van der Waals surface area contributed by atoms with Gasteiger partial charge in [0.1, 0.15) is 0 Å². The van der Waals surface area contributed by atoms with E-state index in [-0.39, 0.29) is 12.3 Å². The second kappa shape index (κ2) is 7.24. The first-order valence-corrected chi connectivity index (χ1v) is 8.81. The molecule has 2 rings (SSSR count). The van der Waals surface area contributed by atoms with Gasteiger partial charge in [-0.25, -0.2) is 8.42 Å². The lowest BCUT2D eigenvalue weighted by atomic mass is 10.1. The Morgan fingerprint density at radius 2 is 1.75 bits per heavy atom. The molecule has 0 amide bonds. The van der Waals surface area contributed by atoms with Crippen LogP contribution in [0.4, 0.5) is 0 Å². The summed E-state index contributed by atoms with van der Waals surface area (Å²) in [5.41, 5.74) is 5.90. The minimum atomic E-state index is -3.24. The molecule has 20 heavy (non-hydrogen) atoms. The third-order valence-electron chi connectivity index (χ3n) is 3.67. The van der Waals surface area contributed by atoms with Gasteiger partial charge >= 0.3 is 0 Å². The molecule has 2 fully saturated rings. The average Bonchev–Trinajstić information content (AvgIpc) is 2.49. The number of sulfonamides is 1. The Balaban J connectivity index is 1.81. The third kappa shape index (κ3) is 4.32. The van der Waals surface area contributed by atoms with Crippen LogP contribution in [0.3, 0.4) is 0 Å². The summed E-state index contributed by atoms with van der Waals surface area (Å²) in [4.78, 5) is 6.24. The number of hydrogen-bond acceptors (Lipinski definition) is 4. The summed E-state index contributed by atoms with van der Waals surface area (Å²) in [5.74, 6) is 0.489. The second-order valence-electron chi connectivity index (χ2n) is 5.12. The van der Waals surface area contributed by atoms with Gasteiger partial charge in [0, 0.05) is 26.2 Å². The van der Waals surface area contributed by atoms with Crippen molar-refractivity contribution in [2.45, 2.75) is 19.3 Å². The molecule has 2 N–H and O–H groups in total. The lowest BCUT2D eigenvalue weighted by molar-refractivity contribution is 0.0731. The summed E-state index contributed by atoms with van der Waals surface area (Å²) in [6.45, 7) is 3.89. The molecule has 7 nitrogen and oxygen atoms in total. The first-order valence-electron chi connectivity index (χ1n) is 7.20. The van der Waals surface area contributed by atoms with Gasteiger partial charge < -0.3 is 15.4 Å². The van der Waals surface area contributed by atoms with E-state index in [0.29, 0.717) is 32.3 Å². The second-order valence-corrected chi connectivity index (χ2v) is 7.20. The molecule has 0 aromatic heterocycles. The normalized spacial score (nSPS) is 23.0. The number of nitrogens with zero attached hydrogens (tertiary/aromatic N) is 3. The van der Waals surface area contributed by atoms with E-state index in [9.17, 15) is 8.42 Å². The van der Waals surface area contributed by atoms with Crippen molar-refractivity contribution in [3.05, 3.63) is 0 Å². The summed E-state index contributed by atoms with van der Waals surface area (Å²) in [7, 11) is -3.24. The Morgan fingerprint density at radius 1 is 1.10 bits per heavy atom. The largest absolute Gasteiger partial charge is 0.379 e. The van der Waals surface area contributed by atoms with Gasteiger partial charge in [-0.3, -0.25) is 4.99 Å². The number of rotatable bonds is 4. The molecule has 0 radical (unpaired) electrons. The molecule has 0 spiro atoms. The molecule has 0 saturated carbocycles. The standard InChI is InChI=1S/C12H24N4O3S/c13-12(15-5-2-1-3-6-15)14-4-11-20(17,18)16-7-9-19-10-8-16/h1-11H2,(H2,13,14). The maximum absolute atomic E-state index is 12.1. The monoisotopic (exact) mass is 304 g/mol. The number of morpholine rings is 1. The maximum Gasteiger partial charge on any atom is 0.216 e. The molecule has 0 aromatic rings. The Bertz CT molecular complexity index is 426. The highest BCUT2D eigenvalue weighted by Crippen LogP contribution is 2.08. The van der Waals surface area contributed by atoms with Crippen molar-refractivity contribution in [2.75, 3.05) is 51.7 Å². The van der Waals surface area contributed by atoms with Crippen LogP contribution in [0.1, 0.15) is 19.3 Å². The van der Waals surface area contributed by atoms with E-state index in [2.05, 4.69) is 4.99 Å². The van der Waals surface area contributed by atoms with Crippen LogP contribution in [0, 0.1) is 0 Å². The zero-order valence-corrected chi connectivity index (χ0v) is 12.6. The van der Waals surface area contributed by atoms with Crippen molar-refractivity contribution in [1.82, 2.24) is 9.21 Å². The molecule has 2 aliphatic rings. The van der Waals surface area contributed by atoms with Gasteiger partial charge in [-0.05, 0) is 19.3 Å². The number of hydrogen-bond donors (Lipinski definition) is 1. The fraction of sp³-hybridized carbons (Fsp3) is 0.917. The van der Waals surface area contributed by atoms with Gasteiger partial charge in [-0.1, -0.05) is 0 Å². The van der Waals surface area contributed by atoms with E-state index < -0.39 is 10.0 Å². The van der Waals surface area contributed by atoms with Crippen LogP contribution in [0.2, 0.25) is 0 Å². The minimum Gasteiger partial charge on any atom is -0.379 e. The maximum atomic E-state index is 12.1. The van der Waals surface area contributed by atoms with Crippen LogP contribution in [-0.2, 0) is 14.8 Å². The van der Waals surface area contributed by atoms with Crippen LogP contribution < -0.4 is 5.73 Å². The molecule has 2 saturated heterocycles. The fourth-order valence-corrected chi connectivity index (χ4v) is 3.74. The Labute approximate surface area is 120 Å². The molecule has 0 bridgehead atoms. The highest BCUT2D eigenvalue weighted by Gasteiger charge is 2.23. The van der Waals surface area contributed by atoms with Gasteiger partial charge in [0.25, 0.3) is 0 Å². The van der Waals surface area contributed by atoms with Gasteiger partial charge in [-0.2, -0.15) is 4.31 Å². The van der Waals surface area contributed by atoms with Crippen LogP contribution in [0.15, 0.2) is 4.99 Å². The first kappa shape index (κ1) is 15.5. The Morgan fingerprint density at radius 3 is 2.40 bits per heavy atom. The molecule has 8 heteroatoms. The van der Waals surface area contributed by atoms with Gasteiger partial charge in [0.15, 0.2) is 5.96 Å². The summed E-state index contributed by atoms with van der Waals surface area (Å²) in [6.07, 6.45) is 3.49. The van der Waals surface area contributed by atoms with E-state index in [4.69, 9.17) is 10.5 Å². The number of aliphatic imine (C=N–C) groups is 1. The van der Waals surface area contributed by atoms with E-state index >= 15 is 0 Å². The lowest BCUT2D eigenvalue weighted by Crippen LogP contribution is -2.43. The number of likely N-dealkylation sites (tertiary alicyclic amines) is 1. The molecular weight excluding hydrogens is 280 g/mol. The average molecular weight is 304 g/mol. The summed E-state index contributed by atoms with van der Waals surface area (Å²) < 4.78 is 30.8. The van der Waals surface area contributed by atoms with Crippen LogP contribution in [0.25, 0.3) is 0 Å². The van der Waals surface area contributed by atoms with Crippen molar-refractivity contribution < 1.29 is 13.2 Å². The molecule has 0 aromatic carbocycles. The molecule has 0 unspecified atom stereocenters. The van der Waals surface area contributed by atoms with E-state index in [1.807, 2.05) is 4.90 Å². The zero-order chi connectivity index (χ0) is 14.4. The van der Waals surface area contributed by atoms with E-state index in [1.165, 1.54) is 10.7 Å². The summed E-state index contributed by atoms with van der Waals surface area (Å²) >= 11 is 0. The fourth-order valence-electron chi connectivity index (χ4n) is 2.45. The van der Waals surface area contributed by atoms with Crippen molar-refractivity contribution in [1.29, 1.82) is 0 Å². The molecule has 2 heterocycles. The first-order chi connectivity index (χ1) is 9.59. The van der Waals surface area contributed by atoms with Gasteiger partial charge in [0.2, 0.25) is 10.0 Å². The van der Waals surface area contributed by atoms with Crippen molar-refractivity contribution in [3.8, 4) is 0 Å². The highest BCUT2D eigenvalue weighted by atomic mass is 32.2. The Hall–Kier alpha value is -0.860. The highest BCUT2D eigenvalue weighted by molar-refractivity contribution is 7.89. The number of guanidine groups is 1. The topological polar surface area (TPSA) is 88.2 Å². The number of ether oxygens (including phenoxy) is 1. The van der Waals surface area contributed by atoms with Crippen LogP contribution in [-0.4, -0.2) is 75.3 Å². The van der Waals surface area contributed by atoms with Crippen molar-refractivity contribution in [3.63, 3.8) is 0 Å². The smallest absolute Gasteiger partial charge is 0.216 e. The predicted molar refractivity (Wildman–Crippen MR) is 78.1 cm³/mol. The third-order valence-corrected chi connectivity index (χ3v) is 5.52. The molecule has 2 aliphatic heterocycles. The van der Waals surface area contributed by atoms with E-state index in [0.717, 1.165) is 25.9 Å². The lowest BCUT2D eigenvalue weighted by Gasteiger charge is -2.28. The van der Waals surface area contributed by atoms with Crippen LogP contribution in [0.5, 0.6) is 0 Å². The van der Waals surface area contributed by atoms with Crippen molar-refractivity contribution >= 4 is 16.0 Å². The van der Waals surface area contributed by atoms with Gasteiger partial charge in [0.05, 0.1) is 25.5 Å². The Kier molecular flexibility index (Phi) is 5.62. The van der Waals surface area contributed by atoms with Crippen LogP contribution >= 0.6 is 0 Å². The minimum absolute atomic E-state index is 0.0154. The molecular formula is C12H24N4O3S. The number of nitrogens with two attached hydrogens (primary N) is 1. The zero-order valence-electron chi connectivity index (χ0n) is 11.8. The van der Waals surface area contributed by atoms with Gasteiger partial charge in [-0.15, -0.1) is 0 Å². The summed E-state index contributed by atoms with van der Waals surface area (Å²) in [5, 5.41) is 0. The molecule has 0 atom stereocenters. The number of piperidine rings is 1. The molecule has 0 aliphatic carbocycles.